The Hall–Kier alpha value is -1.10. The largest absolute Gasteiger partial charge is 0.467 e. The highest BCUT2D eigenvalue weighted by atomic mass is 16.5. The van der Waals surface area contributed by atoms with Gasteiger partial charge in [0.15, 0.2) is 0 Å². The minimum Gasteiger partial charge on any atom is -0.467 e. The first-order chi connectivity index (χ1) is 7.88. The Bertz CT molecular complexity index is 307. The van der Waals surface area contributed by atoms with Crippen molar-refractivity contribution in [2.45, 2.75) is 51.1 Å². The van der Waals surface area contributed by atoms with Gasteiger partial charge in [-0.05, 0) is 39.7 Å². The molecule has 1 atom stereocenters. The zero-order valence-electron chi connectivity index (χ0n) is 11.1. The third kappa shape index (κ3) is 2.77. The summed E-state index contributed by atoms with van der Waals surface area (Å²) in [5.41, 5.74) is -1.51. The normalized spacial score (nSPS) is 24.5. The molecule has 0 spiro atoms. The second kappa shape index (κ2) is 5.04. The number of hydrogen-bond donors (Lipinski definition) is 2. The van der Waals surface area contributed by atoms with Crippen molar-refractivity contribution in [3.63, 3.8) is 0 Å². The van der Waals surface area contributed by atoms with Gasteiger partial charge in [-0.25, -0.2) is 4.79 Å². The van der Waals surface area contributed by atoms with Crippen molar-refractivity contribution in [1.29, 1.82) is 0 Å². The number of carbonyl (C=O) groups excluding carboxylic acids is 2. The van der Waals surface area contributed by atoms with E-state index in [-0.39, 0.29) is 5.91 Å². The Balaban J connectivity index is 2.74. The fourth-order valence-electron chi connectivity index (χ4n) is 2.17. The van der Waals surface area contributed by atoms with E-state index in [4.69, 9.17) is 0 Å². The molecule has 1 heterocycles. The van der Waals surface area contributed by atoms with Crippen LogP contribution in [0.3, 0.4) is 0 Å². The summed E-state index contributed by atoms with van der Waals surface area (Å²) < 4.78 is 4.67. The lowest BCUT2D eigenvalue weighted by atomic mass is 9.91. The molecule has 0 aromatic rings. The Morgan fingerprint density at radius 2 is 2.12 bits per heavy atom. The van der Waals surface area contributed by atoms with Crippen molar-refractivity contribution in [2.24, 2.45) is 0 Å². The zero-order valence-corrected chi connectivity index (χ0v) is 11.1. The molecular formula is C12H22N2O3. The number of hydrogen-bond acceptors (Lipinski definition) is 4. The first-order valence-electron chi connectivity index (χ1n) is 6.04. The van der Waals surface area contributed by atoms with Gasteiger partial charge in [-0.15, -0.1) is 0 Å². The predicted octanol–water partition coefficient (Wildman–Crippen LogP) is 0.586. The van der Waals surface area contributed by atoms with E-state index in [1.54, 1.807) is 13.8 Å². The topological polar surface area (TPSA) is 67.4 Å². The number of carbonyl (C=O) groups is 2. The van der Waals surface area contributed by atoms with Crippen LogP contribution >= 0.6 is 0 Å². The number of ether oxygens (including phenoxy) is 1. The van der Waals surface area contributed by atoms with Crippen LogP contribution in [0.25, 0.3) is 0 Å². The number of methoxy groups -OCH3 is 1. The Morgan fingerprint density at radius 1 is 1.47 bits per heavy atom. The van der Waals surface area contributed by atoms with Crippen LogP contribution in [-0.4, -0.2) is 36.6 Å². The molecule has 2 N–H and O–H groups in total. The van der Waals surface area contributed by atoms with Crippen LogP contribution in [-0.2, 0) is 14.3 Å². The maximum Gasteiger partial charge on any atom is 0.330 e. The summed E-state index contributed by atoms with van der Waals surface area (Å²) >= 11 is 0. The summed E-state index contributed by atoms with van der Waals surface area (Å²) in [4.78, 5) is 23.8. The van der Waals surface area contributed by atoms with Crippen LogP contribution in [0.4, 0.5) is 0 Å². The molecule has 1 unspecified atom stereocenters. The van der Waals surface area contributed by atoms with Gasteiger partial charge in [-0.1, -0.05) is 6.92 Å². The van der Waals surface area contributed by atoms with Gasteiger partial charge in [0.25, 0.3) is 0 Å². The fraction of sp³-hybridized carbons (Fsp3) is 0.833. The molecule has 1 fully saturated rings. The van der Waals surface area contributed by atoms with Crippen LogP contribution in [0, 0.1) is 0 Å². The number of amides is 1. The fourth-order valence-corrected chi connectivity index (χ4v) is 2.17. The van der Waals surface area contributed by atoms with Gasteiger partial charge in [-0.2, -0.15) is 0 Å². The smallest absolute Gasteiger partial charge is 0.330 e. The van der Waals surface area contributed by atoms with E-state index in [1.165, 1.54) is 7.11 Å². The van der Waals surface area contributed by atoms with Crippen molar-refractivity contribution in [3.05, 3.63) is 0 Å². The summed E-state index contributed by atoms with van der Waals surface area (Å²) in [5.74, 6) is -0.553. The van der Waals surface area contributed by atoms with Crippen LogP contribution < -0.4 is 10.6 Å². The van der Waals surface area contributed by atoms with Gasteiger partial charge in [-0.3, -0.25) is 4.79 Å². The number of rotatable bonds is 4. The van der Waals surface area contributed by atoms with E-state index in [0.717, 1.165) is 25.8 Å². The molecule has 1 aliphatic heterocycles. The van der Waals surface area contributed by atoms with E-state index >= 15 is 0 Å². The average molecular weight is 242 g/mol. The second-order valence-electron chi connectivity index (χ2n) is 5.04. The van der Waals surface area contributed by atoms with E-state index < -0.39 is 17.0 Å². The summed E-state index contributed by atoms with van der Waals surface area (Å²) in [6.07, 6.45) is 2.52. The molecule has 0 aromatic carbocycles. The standard InChI is InChI=1S/C12H22N2O3/c1-5-12(7-6-8-13-12)9(15)14-11(2,3)10(16)17-4/h13H,5-8H2,1-4H3,(H,14,15). The van der Waals surface area contributed by atoms with Crippen LogP contribution in [0.1, 0.15) is 40.0 Å². The third-order valence-electron chi connectivity index (χ3n) is 3.40. The van der Waals surface area contributed by atoms with E-state index in [1.807, 2.05) is 6.92 Å². The van der Waals surface area contributed by atoms with Gasteiger partial charge in [0.05, 0.1) is 12.6 Å². The monoisotopic (exact) mass is 242 g/mol. The summed E-state index contributed by atoms with van der Waals surface area (Å²) in [6, 6.07) is 0. The SMILES string of the molecule is CCC1(C(=O)NC(C)(C)C(=O)OC)CCCN1. The summed E-state index contributed by atoms with van der Waals surface area (Å²) in [5, 5.41) is 6.00. The molecule has 5 heteroatoms. The molecular weight excluding hydrogens is 220 g/mol. The lowest BCUT2D eigenvalue weighted by molar-refractivity contribution is -0.150. The quantitative estimate of drug-likeness (QED) is 0.708. The third-order valence-corrected chi connectivity index (χ3v) is 3.40. The van der Waals surface area contributed by atoms with Gasteiger partial charge in [0.2, 0.25) is 5.91 Å². The Kier molecular flexibility index (Phi) is 4.14. The van der Waals surface area contributed by atoms with Crippen LogP contribution in [0.5, 0.6) is 0 Å². The number of nitrogens with one attached hydrogen (secondary N) is 2. The molecule has 0 saturated carbocycles. The van der Waals surface area contributed by atoms with Gasteiger partial charge in [0, 0.05) is 0 Å². The maximum atomic E-state index is 12.3. The highest BCUT2D eigenvalue weighted by molar-refractivity contribution is 5.92. The lowest BCUT2D eigenvalue weighted by Crippen LogP contribution is -2.60. The Labute approximate surface area is 102 Å². The molecule has 1 amide bonds. The van der Waals surface area contributed by atoms with Crippen molar-refractivity contribution in [3.8, 4) is 0 Å². The minimum atomic E-state index is -0.988. The van der Waals surface area contributed by atoms with Gasteiger partial charge in [0.1, 0.15) is 5.54 Å². The average Bonchev–Trinajstić information content (AvgIpc) is 2.77. The van der Waals surface area contributed by atoms with Crippen molar-refractivity contribution in [1.82, 2.24) is 10.6 Å². The molecule has 17 heavy (non-hydrogen) atoms. The van der Waals surface area contributed by atoms with Gasteiger partial charge < -0.3 is 15.4 Å². The molecule has 0 aromatic heterocycles. The molecule has 0 bridgehead atoms. The van der Waals surface area contributed by atoms with E-state index in [2.05, 4.69) is 15.4 Å². The highest BCUT2D eigenvalue weighted by Crippen LogP contribution is 2.24. The molecule has 5 nitrogen and oxygen atoms in total. The molecule has 0 radical (unpaired) electrons. The molecule has 1 aliphatic rings. The van der Waals surface area contributed by atoms with Gasteiger partial charge >= 0.3 is 5.97 Å². The number of esters is 1. The van der Waals surface area contributed by atoms with Crippen molar-refractivity contribution in [2.75, 3.05) is 13.7 Å². The molecule has 0 aliphatic carbocycles. The van der Waals surface area contributed by atoms with Crippen molar-refractivity contribution < 1.29 is 14.3 Å². The van der Waals surface area contributed by atoms with E-state index in [0.29, 0.717) is 0 Å². The molecule has 1 saturated heterocycles. The predicted molar refractivity (Wildman–Crippen MR) is 64.5 cm³/mol. The molecule has 1 rings (SSSR count). The maximum absolute atomic E-state index is 12.3. The first-order valence-corrected chi connectivity index (χ1v) is 6.04. The van der Waals surface area contributed by atoms with Crippen LogP contribution in [0.15, 0.2) is 0 Å². The highest BCUT2D eigenvalue weighted by Gasteiger charge is 2.42. The Morgan fingerprint density at radius 3 is 2.53 bits per heavy atom. The van der Waals surface area contributed by atoms with E-state index in [9.17, 15) is 9.59 Å². The first kappa shape index (κ1) is 14.0. The lowest BCUT2D eigenvalue weighted by Gasteiger charge is -2.32. The second-order valence-corrected chi connectivity index (χ2v) is 5.04. The van der Waals surface area contributed by atoms with Crippen LogP contribution in [0.2, 0.25) is 0 Å². The summed E-state index contributed by atoms with van der Waals surface area (Å²) in [6.45, 7) is 6.12. The zero-order chi connectivity index (χ0) is 13.1. The minimum absolute atomic E-state index is 0.118. The van der Waals surface area contributed by atoms with Crippen molar-refractivity contribution >= 4 is 11.9 Å². The molecule has 98 valence electrons. The summed E-state index contributed by atoms with van der Waals surface area (Å²) in [7, 11) is 1.32.